The van der Waals surface area contributed by atoms with Gasteiger partial charge in [0.1, 0.15) is 28.5 Å². The summed E-state index contributed by atoms with van der Waals surface area (Å²) in [6.07, 6.45) is 5.44. The number of nitrogens with one attached hydrogen (secondary N) is 1. The van der Waals surface area contributed by atoms with Crippen molar-refractivity contribution in [2.75, 3.05) is 5.32 Å². The lowest BCUT2D eigenvalue weighted by Gasteiger charge is -2.18. The zero-order valence-electron chi connectivity index (χ0n) is 15.2. The normalized spacial score (nSPS) is 13.6. The number of nitrogens with zero attached hydrogens (tertiary/aromatic N) is 4. The van der Waals surface area contributed by atoms with Gasteiger partial charge in [0.15, 0.2) is 0 Å². The fourth-order valence-electron chi connectivity index (χ4n) is 3.61. The van der Waals surface area contributed by atoms with Crippen molar-refractivity contribution in [1.82, 2.24) is 19.1 Å². The van der Waals surface area contributed by atoms with E-state index in [1.54, 1.807) is 24.7 Å². The van der Waals surface area contributed by atoms with Gasteiger partial charge in [0.25, 0.3) is 5.91 Å². The predicted octanol–water partition coefficient (Wildman–Crippen LogP) is 3.67. The Labute approximate surface area is 164 Å². The van der Waals surface area contributed by atoms with Crippen LogP contribution in [0.2, 0.25) is 0 Å². The van der Waals surface area contributed by atoms with Crippen molar-refractivity contribution in [3.05, 3.63) is 78.6 Å². The lowest BCUT2D eigenvalue weighted by atomic mass is 10.1. The second-order valence-electron chi connectivity index (χ2n) is 6.71. The molecule has 7 nitrogen and oxygen atoms in total. The summed E-state index contributed by atoms with van der Waals surface area (Å²) in [6, 6.07) is 11.6. The van der Waals surface area contributed by atoms with Gasteiger partial charge in [0.05, 0.1) is 23.2 Å². The molecule has 0 fully saturated rings. The quantitative estimate of drug-likeness (QED) is 0.560. The van der Waals surface area contributed by atoms with Crippen molar-refractivity contribution in [2.24, 2.45) is 0 Å². The molecule has 0 aliphatic carbocycles. The van der Waals surface area contributed by atoms with Gasteiger partial charge in [-0.15, -0.1) is 0 Å². The Balaban J connectivity index is 1.62. The van der Waals surface area contributed by atoms with Crippen LogP contribution in [0.4, 0.5) is 10.1 Å². The second kappa shape index (κ2) is 6.59. The number of aromatic nitrogens is 4. The number of benzene rings is 2. The van der Waals surface area contributed by atoms with E-state index < -0.39 is 11.7 Å². The third-order valence-electron chi connectivity index (χ3n) is 4.97. The Morgan fingerprint density at radius 3 is 2.83 bits per heavy atom. The number of carbonyl (C=O) groups is 1. The summed E-state index contributed by atoms with van der Waals surface area (Å²) in [4.78, 5) is 21.7. The molecule has 0 saturated carbocycles. The average Bonchev–Trinajstić information content (AvgIpc) is 3.37. The number of halogens is 1. The zero-order chi connectivity index (χ0) is 20.0. The van der Waals surface area contributed by atoms with Gasteiger partial charge in [-0.2, -0.15) is 0 Å². The first-order chi connectivity index (χ1) is 14.1. The second-order valence-corrected chi connectivity index (χ2v) is 6.71. The van der Waals surface area contributed by atoms with Gasteiger partial charge in [-0.3, -0.25) is 4.79 Å². The fraction of sp³-hybridized carbons (Fsp3) is 0.0952. The first-order valence-corrected chi connectivity index (χ1v) is 9.09. The molecule has 29 heavy (non-hydrogen) atoms. The van der Waals surface area contributed by atoms with Crippen LogP contribution in [0.25, 0.3) is 22.3 Å². The number of para-hydroxylation sites is 2. The number of aryl methyl sites for hydroxylation is 1. The van der Waals surface area contributed by atoms with E-state index in [9.17, 15) is 14.3 Å². The number of amides is 1. The van der Waals surface area contributed by atoms with E-state index in [0.717, 1.165) is 11.2 Å². The van der Waals surface area contributed by atoms with Crippen LogP contribution < -0.4 is 5.32 Å². The van der Waals surface area contributed by atoms with Crippen molar-refractivity contribution in [1.29, 1.82) is 0 Å². The number of fused-ring (bicyclic) bond motifs is 3. The number of aliphatic hydroxyl groups is 1. The molecule has 5 rings (SSSR count). The molecule has 0 radical (unpaired) electrons. The maximum atomic E-state index is 14.0. The van der Waals surface area contributed by atoms with Crippen molar-refractivity contribution in [3.63, 3.8) is 0 Å². The van der Waals surface area contributed by atoms with E-state index in [0.29, 0.717) is 17.9 Å². The van der Waals surface area contributed by atoms with Crippen LogP contribution in [0, 0.1) is 5.82 Å². The summed E-state index contributed by atoms with van der Waals surface area (Å²) in [5.74, 6) is -0.864. The molecule has 2 aromatic carbocycles. The van der Waals surface area contributed by atoms with E-state index in [1.165, 1.54) is 12.1 Å². The van der Waals surface area contributed by atoms with Gasteiger partial charge >= 0.3 is 0 Å². The molecule has 0 bridgehead atoms. The summed E-state index contributed by atoms with van der Waals surface area (Å²) in [5.41, 5.74) is 2.44. The van der Waals surface area contributed by atoms with E-state index in [1.807, 2.05) is 33.5 Å². The Morgan fingerprint density at radius 2 is 2.03 bits per heavy atom. The molecule has 2 N–H and O–H groups in total. The number of allylic oxidation sites excluding steroid dienone is 1. The largest absolute Gasteiger partial charge is 0.511 e. The lowest BCUT2D eigenvalue weighted by Crippen LogP contribution is -2.22. The minimum atomic E-state index is -0.604. The molecule has 0 saturated heterocycles. The van der Waals surface area contributed by atoms with Gasteiger partial charge in [0, 0.05) is 25.4 Å². The summed E-state index contributed by atoms with van der Waals surface area (Å²) < 4.78 is 17.7. The first-order valence-electron chi connectivity index (χ1n) is 9.09. The summed E-state index contributed by atoms with van der Waals surface area (Å²) in [6.45, 7) is 0.488. The molecule has 4 aromatic rings. The maximum absolute atomic E-state index is 14.0. The lowest BCUT2D eigenvalue weighted by molar-refractivity contribution is -0.111. The number of rotatable bonds is 3. The van der Waals surface area contributed by atoms with Crippen molar-refractivity contribution in [3.8, 4) is 5.69 Å². The van der Waals surface area contributed by atoms with E-state index in [2.05, 4.69) is 15.3 Å². The molecule has 1 aliphatic rings. The molecular formula is C21H16FN5O2. The third kappa shape index (κ3) is 2.77. The Morgan fingerprint density at radius 1 is 1.17 bits per heavy atom. The molecule has 3 heterocycles. The van der Waals surface area contributed by atoms with Crippen LogP contribution in [0.15, 0.2) is 66.9 Å². The summed E-state index contributed by atoms with van der Waals surface area (Å²) >= 11 is 0. The number of aliphatic hydroxyl groups excluding tert-OH is 1. The first kappa shape index (κ1) is 17.2. The van der Waals surface area contributed by atoms with Crippen LogP contribution in [-0.2, 0) is 11.3 Å². The molecule has 1 amide bonds. The monoisotopic (exact) mass is 389 g/mol. The molecule has 0 atom stereocenters. The number of hydrogen-bond acceptors (Lipinski definition) is 4. The Bertz CT molecular complexity index is 1270. The SMILES string of the molecule is O=C(Nc1ccccc1F)C1=C(O)CCn2c1nc1c(-n3ccnc3)cccc12. The van der Waals surface area contributed by atoms with Crippen molar-refractivity contribution in [2.45, 2.75) is 13.0 Å². The standard InChI is InChI=1S/C21H16FN5O2/c22-13-4-1-2-5-14(13)24-21(29)18-17(28)8-10-27-16-7-3-6-15(19(16)25-20(18)27)26-11-9-23-12-26/h1-7,9,11-12,28H,8,10H2,(H,24,29). The van der Waals surface area contributed by atoms with Gasteiger partial charge in [-0.1, -0.05) is 18.2 Å². The van der Waals surface area contributed by atoms with Crippen LogP contribution in [-0.4, -0.2) is 30.1 Å². The number of hydrogen-bond donors (Lipinski definition) is 2. The third-order valence-corrected chi connectivity index (χ3v) is 4.97. The Hall–Kier alpha value is -3.94. The zero-order valence-corrected chi connectivity index (χ0v) is 15.2. The minimum absolute atomic E-state index is 0.0464. The van der Waals surface area contributed by atoms with Gasteiger partial charge < -0.3 is 19.6 Å². The molecule has 1 aliphatic heterocycles. The van der Waals surface area contributed by atoms with E-state index in [4.69, 9.17) is 0 Å². The highest BCUT2D eigenvalue weighted by Crippen LogP contribution is 2.32. The van der Waals surface area contributed by atoms with Gasteiger partial charge in [-0.25, -0.2) is 14.4 Å². The van der Waals surface area contributed by atoms with Crippen LogP contribution in [0.3, 0.4) is 0 Å². The molecular weight excluding hydrogens is 373 g/mol. The smallest absolute Gasteiger partial charge is 0.262 e. The maximum Gasteiger partial charge on any atom is 0.262 e. The highest BCUT2D eigenvalue weighted by molar-refractivity contribution is 6.25. The molecule has 8 heteroatoms. The minimum Gasteiger partial charge on any atom is -0.511 e. The topological polar surface area (TPSA) is 85.0 Å². The highest BCUT2D eigenvalue weighted by Gasteiger charge is 2.29. The summed E-state index contributed by atoms with van der Waals surface area (Å²) in [7, 11) is 0. The summed E-state index contributed by atoms with van der Waals surface area (Å²) in [5, 5.41) is 13.0. The van der Waals surface area contributed by atoms with Crippen LogP contribution >= 0.6 is 0 Å². The molecule has 2 aromatic heterocycles. The molecule has 0 spiro atoms. The molecule has 144 valence electrons. The highest BCUT2D eigenvalue weighted by atomic mass is 19.1. The number of carbonyl (C=O) groups excluding carboxylic acids is 1. The van der Waals surface area contributed by atoms with Gasteiger partial charge in [0.2, 0.25) is 0 Å². The number of anilines is 1. The van der Waals surface area contributed by atoms with Crippen molar-refractivity contribution >= 4 is 28.2 Å². The molecule has 0 unspecified atom stereocenters. The number of imidazole rings is 2. The average molecular weight is 389 g/mol. The van der Waals surface area contributed by atoms with E-state index >= 15 is 0 Å². The predicted molar refractivity (Wildman–Crippen MR) is 106 cm³/mol. The van der Waals surface area contributed by atoms with Crippen LogP contribution in [0.5, 0.6) is 0 Å². The Kier molecular flexibility index (Phi) is 3.90. The van der Waals surface area contributed by atoms with Gasteiger partial charge in [-0.05, 0) is 24.3 Å². The van der Waals surface area contributed by atoms with Crippen LogP contribution in [0.1, 0.15) is 12.2 Å². The van der Waals surface area contributed by atoms with E-state index in [-0.39, 0.29) is 23.4 Å². The fourth-order valence-corrected chi connectivity index (χ4v) is 3.61. The van der Waals surface area contributed by atoms with Crippen molar-refractivity contribution < 1.29 is 14.3 Å².